The average molecular weight is 451 g/mol. The second-order valence-electron chi connectivity index (χ2n) is 7.02. The summed E-state index contributed by atoms with van der Waals surface area (Å²) in [5.74, 6) is -2.21. The third kappa shape index (κ3) is 7.05. The standard InChI is InChI=1S/C21H25NO10/c1-11(24)22-18-20(30-14(4)27)19(29-13(3)26)17(10-28-12(2)25)32-21(18)31-16-7-5-15(9-23)6-8-16/h5-9,17-21H,10H2,1-4H3,(H,22,24)/t17-,18-,19+,20-,21-/m1/s1. The van der Waals surface area contributed by atoms with E-state index < -0.39 is 54.5 Å². The molecule has 1 aromatic carbocycles. The Balaban J connectivity index is 2.43. The van der Waals surface area contributed by atoms with Crippen molar-refractivity contribution in [1.82, 2.24) is 5.32 Å². The highest BCUT2D eigenvalue weighted by Gasteiger charge is 2.51. The summed E-state index contributed by atoms with van der Waals surface area (Å²) in [6.45, 7) is 4.41. The van der Waals surface area contributed by atoms with Gasteiger partial charge < -0.3 is 29.0 Å². The number of nitrogens with one attached hydrogen (secondary N) is 1. The van der Waals surface area contributed by atoms with E-state index in [0.717, 1.165) is 13.8 Å². The predicted octanol–water partition coefficient (Wildman–Crippen LogP) is 0.534. The number of hydrogen-bond acceptors (Lipinski definition) is 10. The maximum absolute atomic E-state index is 11.9. The maximum atomic E-state index is 11.9. The first-order chi connectivity index (χ1) is 15.1. The van der Waals surface area contributed by atoms with Crippen LogP contribution in [-0.4, -0.2) is 67.4 Å². The first kappa shape index (κ1) is 24.8. The molecule has 0 aromatic heterocycles. The van der Waals surface area contributed by atoms with E-state index in [9.17, 15) is 24.0 Å². The van der Waals surface area contributed by atoms with Crippen LogP contribution in [0.25, 0.3) is 0 Å². The van der Waals surface area contributed by atoms with Gasteiger partial charge >= 0.3 is 17.9 Å². The van der Waals surface area contributed by atoms with E-state index >= 15 is 0 Å². The van der Waals surface area contributed by atoms with Crippen LogP contribution in [0.5, 0.6) is 5.75 Å². The number of aldehydes is 1. The van der Waals surface area contributed by atoms with Crippen LogP contribution in [0.4, 0.5) is 0 Å². The molecule has 1 fully saturated rings. The summed E-state index contributed by atoms with van der Waals surface area (Å²) in [6.07, 6.45) is -4.05. The van der Waals surface area contributed by atoms with Crippen molar-refractivity contribution < 1.29 is 47.7 Å². The molecule has 1 aromatic rings. The van der Waals surface area contributed by atoms with Crippen LogP contribution in [0.1, 0.15) is 38.1 Å². The summed E-state index contributed by atoms with van der Waals surface area (Å²) < 4.78 is 27.4. The van der Waals surface area contributed by atoms with Crippen LogP contribution in [0, 0.1) is 0 Å². The van der Waals surface area contributed by atoms with Crippen LogP contribution in [0.2, 0.25) is 0 Å². The number of ether oxygens (including phenoxy) is 5. The van der Waals surface area contributed by atoms with Crippen LogP contribution >= 0.6 is 0 Å². The quantitative estimate of drug-likeness (QED) is 0.338. The molecule has 0 aliphatic carbocycles. The summed E-state index contributed by atoms with van der Waals surface area (Å²) in [7, 11) is 0. The van der Waals surface area contributed by atoms with E-state index in [1.165, 1.54) is 38.1 Å². The van der Waals surface area contributed by atoms with Gasteiger partial charge in [0.2, 0.25) is 12.2 Å². The first-order valence-corrected chi connectivity index (χ1v) is 9.73. The molecule has 32 heavy (non-hydrogen) atoms. The predicted molar refractivity (Wildman–Crippen MR) is 106 cm³/mol. The molecular formula is C21H25NO10. The molecular weight excluding hydrogens is 426 g/mol. The number of hydrogen-bond donors (Lipinski definition) is 1. The second kappa shape index (κ2) is 11.2. The summed E-state index contributed by atoms with van der Waals surface area (Å²) in [4.78, 5) is 57.6. The van der Waals surface area contributed by atoms with Gasteiger partial charge in [0.05, 0.1) is 0 Å². The molecule has 0 spiro atoms. The minimum absolute atomic E-state index is 0.287. The lowest BCUT2D eigenvalue weighted by molar-refractivity contribution is -0.257. The first-order valence-electron chi connectivity index (χ1n) is 9.73. The fraction of sp³-hybridized carbons (Fsp3) is 0.476. The van der Waals surface area contributed by atoms with Crippen molar-refractivity contribution in [3.63, 3.8) is 0 Å². The lowest BCUT2D eigenvalue weighted by Crippen LogP contribution is -2.67. The summed E-state index contributed by atoms with van der Waals surface area (Å²) in [6, 6.07) is 4.97. The fourth-order valence-corrected chi connectivity index (χ4v) is 3.15. The highest BCUT2D eigenvalue weighted by molar-refractivity contribution is 5.75. The van der Waals surface area contributed by atoms with E-state index in [1.54, 1.807) is 0 Å². The Hall–Kier alpha value is -3.47. The van der Waals surface area contributed by atoms with Crippen molar-refractivity contribution in [2.75, 3.05) is 6.61 Å². The normalized spacial score (nSPS) is 24.6. The van der Waals surface area contributed by atoms with Crippen molar-refractivity contribution in [2.24, 2.45) is 0 Å². The Morgan fingerprint density at radius 3 is 2.03 bits per heavy atom. The maximum Gasteiger partial charge on any atom is 0.303 e. The fourth-order valence-electron chi connectivity index (χ4n) is 3.15. The van der Waals surface area contributed by atoms with Gasteiger partial charge in [0, 0.05) is 33.3 Å². The average Bonchev–Trinajstić information content (AvgIpc) is 2.70. The number of carbonyl (C=O) groups excluding carboxylic acids is 5. The summed E-state index contributed by atoms with van der Waals surface area (Å²) in [5, 5.41) is 2.60. The number of esters is 3. The minimum Gasteiger partial charge on any atom is -0.463 e. The molecule has 0 unspecified atom stereocenters. The van der Waals surface area contributed by atoms with Crippen LogP contribution < -0.4 is 10.1 Å². The number of rotatable bonds is 8. The molecule has 2 rings (SSSR count). The molecule has 1 aliphatic heterocycles. The summed E-state index contributed by atoms with van der Waals surface area (Å²) in [5.41, 5.74) is 0.417. The Labute approximate surface area is 184 Å². The van der Waals surface area contributed by atoms with Gasteiger partial charge in [-0.05, 0) is 24.3 Å². The topological polar surface area (TPSA) is 144 Å². The van der Waals surface area contributed by atoms with Gasteiger partial charge in [-0.15, -0.1) is 0 Å². The van der Waals surface area contributed by atoms with Gasteiger partial charge in [-0.1, -0.05) is 0 Å². The van der Waals surface area contributed by atoms with Crippen molar-refractivity contribution in [3.8, 4) is 5.75 Å². The zero-order valence-corrected chi connectivity index (χ0v) is 18.1. The van der Waals surface area contributed by atoms with Gasteiger partial charge in [0.1, 0.15) is 30.8 Å². The molecule has 1 aliphatic rings. The third-order valence-corrected chi connectivity index (χ3v) is 4.34. The van der Waals surface area contributed by atoms with Crippen molar-refractivity contribution in [2.45, 2.75) is 58.3 Å². The summed E-state index contributed by atoms with van der Waals surface area (Å²) >= 11 is 0. The highest BCUT2D eigenvalue weighted by Crippen LogP contribution is 2.29. The molecule has 11 heteroatoms. The van der Waals surface area contributed by atoms with E-state index in [2.05, 4.69) is 5.32 Å². The van der Waals surface area contributed by atoms with Gasteiger partial charge in [-0.2, -0.15) is 0 Å². The Kier molecular flexibility index (Phi) is 8.71. The Morgan fingerprint density at radius 1 is 0.938 bits per heavy atom. The molecule has 1 heterocycles. The second-order valence-corrected chi connectivity index (χ2v) is 7.02. The van der Waals surface area contributed by atoms with Crippen LogP contribution in [0.15, 0.2) is 24.3 Å². The van der Waals surface area contributed by atoms with E-state index in [-0.39, 0.29) is 12.4 Å². The van der Waals surface area contributed by atoms with Crippen LogP contribution in [-0.2, 0) is 38.1 Å². The molecule has 5 atom stereocenters. The largest absolute Gasteiger partial charge is 0.463 e. The molecule has 0 bridgehead atoms. The molecule has 1 amide bonds. The molecule has 1 saturated heterocycles. The molecule has 174 valence electrons. The number of benzene rings is 1. The van der Waals surface area contributed by atoms with Gasteiger partial charge in [-0.3, -0.25) is 24.0 Å². The number of carbonyl (C=O) groups is 5. The Bertz CT molecular complexity index is 853. The molecule has 1 N–H and O–H groups in total. The Morgan fingerprint density at radius 2 is 1.53 bits per heavy atom. The van der Waals surface area contributed by atoms with E-state index in [4.69, 9.17) is 23.7 Å². The lowest BCUT2D eigenvalue weighted by atomic mass is 9.96. The van der Waals surface area contributed by atoms with Crippen molar-refractivity contribution in [3.05, 3.63) is 29.8 Å². The molecule has 11 nitrogen and oxygen atoms in total. The SMILES string of the molecule is CC(=O)N[C@H]1[C@H](Oc2ccc(C=O)cc2)O[C@H](COC(C)=O)[C@H](OC(C)=O)[C@@H]1OC(C)=O. The monoisotopic (exact) mass is 451 g/mol. The smallest absolute Gasteiger partial charge is 0.303 e. The van der Waals surface area contributed by atoms with Gasteiger partial charge in [0.25, 0.3) is 0 Å². The number of amides is 1. The zero-order chi connectivity index (χ0) is 23.8. The van der Waals surface area contributed by atoms with Crippen molar-refractivity contribution >= 4 is 30.1 Å². The zero-order valence-electron chi connectivity index (χ0n) is 18.1. The molecule has 0 radical (unpaired) electrons. The van der Waals surface area contributed by atoms with Gasteiger partial charge in [0.15, 0.2) is 12.2 Å². The van der Waals surface area contributed by atoms with Gasteiger partial charge in [-0.25, -0.2) is 0 Å². The van der Waals surface area contributed by atoms with E-state index in [1.807, 2.05) is 0 Å². The van der Waals surface area contributed by atoms with E-state index in [0.29, 0.717) is 11.8 Å². The lowest BCUT2D eigenvalue weighted by Gasteiger charge is -2.44. The van der Waals surface area contributed by atoms with Crippen LogP contribution in [0.3, 0.4) is 0 Å². The minimum atomic E-state index is -1.22. The third-order valence-electron chi connectivity index (χ3n) is 4.34. The van der Waals surface area contributed by atoms with Crippen molar-refractivity contribution in [1.29, 1.82) is 0 Å². The highest BCUT2D eigenvalue weighted by atomic mass is 16.7. The molecule has 0 saturated carbocycles.